The van der Waals surface area contributed by atoms with Gasteiger partial charge in [0, 0.05) is 11.6 Å². The van der Waals surface area contributed by atoms with Gasteiger partial charge in [0.2, 0.25) is 11.8 Å². The molecule has 5 nitrogen and oxygen atoms in total. The van der Waals surface area contributed by atoms with Crippen molar-refractivity contribution in [3.63, 3.8) is 0 Å². The van der Waals surface area contributed by atoms with E-state index in [1.165, 1.54) is 49.4 Å². The highest BCUT2D eigenvalue weighted by molar-refractivity contribution is 7.99. The molecule has 140 valence electrons. The minimum absolute atomic E-state index is 0.0614. The minimum Gasteiger partial charge on any atom is -0.416 e. The highest BCUT2D eigenvalue weighted by Crippen LogP contribution is 2.32. The average molecular weight is 374 g/mol. The van der Waals surface area contributed by atoms with Gasteiger partial charge in [0.05, 0.1) is 5.75 Å². The van der Waals surface area contributed by atoms with E-state index >= 15 is 0 Å². The number of nitrogens with one attached hydrogen (secondary N) is 1. The molecule has 0 aliphatic heterocycles. The van der Waals surface area contributed by atoms with Gasteiger partial charge in [-0.15, -0.1) is 10.2 Å². The number of hydrogen-bond acceptors (Lipinski definition) is 5. The summed E-state index contributed by atoms with van der Waals surface area (Å²) >= 11 is 1.29. The molecule has 1 amide bonds. The third-order valence-corrected chi connectivity index (χ3v) is 5.58. The van der Waals surface area contributed by atoms with Gasteiger partial charge < -0.3 is 9.73 Å². The fourth-order valence-electron chi connectivity index (χ4n) is 3.25. The van der Waals surface area contributed by atoms with E-state index in [9.17, 15) is 4.79 Å². The summed E-state index contributed by atoms with van der Waals surface area (Å²) in [6.45, 7) is 2.19. The molecule has 1 N–H and O–H groups in total. The number of carbonyl (C=O) groups is 1. The quantitative estimate of drug-likeness (QED) is 0.645. The van der Waals surface area contributed by atoms with Crippen LogP contribution in [-0.2, 0) is 11.2 Å². The molecule has 2 aromatic rings. The summed E-state index contributed by atoms with van der Waals surface area (Å²) in [6, 6.07) is 8.07. The number of carbonyl (C=O) groups excluding carboxylic acids is 1. The molecule has 0 radical (unpaired) electrons. The Bertz CT molecular complexity index is 693. The Kier molecular flexibility index (Phi) is 7.12. The highest BCUT2D eigenvalue weighted by Gasteiger charge is 2.21. The van der Waals surface area contributed by atoms with Gasteiger partial charge in [-0.25, -0.2) is 0 Å². The molecule has 6 heteroatoms. The van der Waals surface area contributed by atoms with Crippen LogP contribution in [0.2, 0.25) is 0 Å². The van der Waals surface area contributed by atoms with Gasteiger partial charge >= 0.3 is 0 Å². The molecule has 1 aromatic carbocycles. The van der Waals surface area contributed by atoms with Crippen LogP contribution < -0.4 is 5.32 Å². The zero-order valence-electron chi connectivity index (χ0n) is 15.4. The number of thioether (sulfide) groups is 1. The van der Waals surface area contributed by atoms with Gasteiger partial charge in [-0.05, 0) is 43.4 Å². The highest BCUT2D eigenvalue weighted by atomic mass is 32.2. The summed E-state index contributed by atoms with van der Waals surface area (Å²) < 4.78 is 5.74. The van der Waals surface area contributed by atoms with Crippen LogP contribution in [-0.4, -0.2) is 21.9 Å². The summed E-state index contributed by atoms with van der Waals surface area (Å²) in [5.41, 5.74) is 2.13. The molecule has 1 aromatic heterocycles. The second kappa shape index (κ2) is 9.76. The molecule has 0 unspecified atom stereocenters. The Labute approximate surface area is 159 Å². The van der Waals surface area contributed by atoms with E-state index in [0.717, 1.165) is 30.8 Å². The lowest BCUT2D eigenvalue weighted by atomic mass is 9.89. The van der Waals surface area contributed by atoms with E-state index in [-0.39, 0.29) is 11.7 Å². The van der Waals surface area contributed by atoms with Crippen LogP contribution in [0, 0.1) is 0 Å². The number of hydrogen-bond donors (Lipinski definition) is 1. The van der Waals surface area contributed by atoms with E-state index in [0.29, 0.717) is 11.1 Å². The minimum atomic E-state index is -0.0614. The molecule has 3 rings (SSSR count). The van der Waals surface area contributed by atoms with Gasteiger partial charge in [0.1, 0.15) is 0 Å². The van der Waals surface area contributed by atoms with Crippen LogP contribution in [0.3, 0.4) is 0 Å². The molecule has 1 aliphatic carbocycles. The van der Waals surface area contributed by atoms with Crippen LogP contribution in [0.4, 0.5) is 5.69 Å². The second-order valence-corrected chi connectivity index (χ2v) is 7.81. The number of aryl methyl sites for hydroxylation is 1. The topological polar surface area (TPSA) is 68.0 Å². The standard InChI is InChI=1S/C20H27N3O2S/c1-2-3-7-15-10-12-17(13-11-15)21-18(24)14-26-20-23-22-19(25-20)16-8-5-4-6-9-16/h10-13,16H,2-9,14H2,1H3,(H,21,24). The average Bonchev–Trinajstić information content (AvgIpc) is 3.16. The van der Waals surface area contributed by atoms with Crippen LogP contribution >= 0.6 is 11.8 Å². The molecule has 1 fully saturated rings. The summed E-state index contributed by atoms with van der Waals surface area (Å²) in [7, 11) is 0. The molecule has 0 saturated heterocycles. The number of unbranched alkanes of at least 4 members (excludes halogenated alkanes) is 1. The molecule has 1 heterocycles. The third kappa shape index (κ3) is 5.59. The van der Waals surface area contributed by atoms with E-state index in [4.69, 9.17) is 4.42 Å². The third-order valence-electron chi connectivity index (χ3n) is 4.76. The van der Waals surface area contributed by atoms with Crippen LogP contribution in [0.1, 0.15) is 69.2 Å². The van der Waals surface area contributed by atoms with Crippen LogP contribution in [0.5, 0.6) is 0 Å². The fraction of sp³-hybridized carbons (Fsp3) is 0.550. The maximum absolute atomic E-state index is 12.1. The molecular weight excluding hydrogens is 346 g/mol. The number of anilines is 1. The lowest BCUT2D eigenvalue weighted by molar-refractivity contribution is -0.113. The molecule has 0 bridgehead atoms. The SMILES string of the molecule is CCCCc1ccc(NC(=O)CSc2nnc(C3CCCCC3)o2)cc1. The van der Waals surface area contributed by atoms with Crippen molar-refractivity contribution in [2.24, 2.45) is 0 Å². The Morgan fingerprint density at radius 1 is 1.19 bits per heavy atom. The van der Waals surface area contributed by atoms with E-state index in [2.05, 4.69) is 34.6 Å². The zero-order valence-corrected chi connectivity index (χ0v) is 16.2. The van der Waals surface area contributed by atoms with Crippen molar-refractivity contribution in [3.8, 4) is 0 Å². The molecule has 1 aliphatic rings. The summed E-state index contributed by atoms with van der Waals surface area (Å²) in [6.07, 6.45) is 9.47. The summed E-state index contributed by atoms with van der Waals surface area (Å²) in [4.78, 5) is 12.1. The number of aromatic nitrogens is 2. The van der Waals surface area contributed by atoms with Crippen molar-refractivity contribution in [1.29, 1.82) is 0 Å². The lowest BCUT2D eigenvalue weighted by Gasteiger charge is -2.17. The first kappa shape index (κ1) is 19.0. The Morgan fingerprint density at radius 3 is 2.69 bits per heavy atom. The molecular formula is C20H27N3O2S. The predicted molar refractivity (Wildman–Crippen MR) is 105 cm³/mol. The number of rotatable bonds is 8. The van der Waals surface area contributed by atoms with Crippen molar-refractivity contribution in [1.82, 2.24) is 10.2 Å². The number of amides is 1. The summed E-state index contributed by atoms with van der Waals surface area (Å²) in [5, 5.41) is 11.6. The number of benzene rings is 1. The van der Waals surface area contributed by atoms with E-state index in [1.54, 1.807) is 0 Å². The molecule has 0 spiro atoms. The Morgan fingerprint density at radius 2 is 1.96 bits per heavy atom. The first-order valence-electron chi connectivity index (χ1n) is 9.59. The van der Waals surface area contributed by atoms with E-state index in [1.807, 2.05) is 12.1 Å². The largest absolute Gasteiger partial charge is 0.416 e. The van der Waals surface area contributed by atoms with Crippen molar-refractivity contribution in [3.05, 3.63) is 35.7 Å². The van der Waals surface area contributed by atoms with Crippen molar-refractivity contribution >= 4 is 23.4 Å². The maximum atomic E-state index is 12.1. The van der Waals surface area contributed by atoms with Crippen molar-refractivity contribution < 1.29 is 9.21 Å². The van der Waals surface area contributed by atoms with Crippen molar-refractivity contribution in [2.75, 3.05) is 11.1 Å². The van der Waals surface area contributed by atoms with Gasteiger partial charge in [-0.1, -0.05) is 56.5 Å². The van der Waals surface area contributed by atoms with Gasteiger partial charge in [-0.3, -0.25) is 4.79 Å². The number of nitrogens with zero attached hydrogens (tertiary/aromatic N) is 2. The lowest BCUT2D eigenvalue weighted by Crippen LogP contribution is -2.13. The Hall–Kier alpha value is -1.82. The molecule has 0 atom stereocenters. The summed E-state index contributed by atoms with van der Waals surface area (Å²) in [5.74, 6) is 1.33. The van der Waals surface area contributed by atoms with E-state index < -0.39 is 0 Å². The van der Waals surface area contributed by atoms with Gasteiger partial charge in [-0.2, -0.15) is 0 Å². The first-order valence-corrected chi connectivity index (χ1v) is 10.6. The van der Waals surface area contributed by atoms with Crippen LogP contribution in [0.25, 0.3) is 0 Å². The smallest absolute Gasteiger partial charge is 0.277 e. The van der Waals surface area contributed by atoms with Crippen molar-refractivity contribution in [2.45, 2.75) is 69.4 Å². The monoisotopic (exact) mass is 373 g/mol. The second-order valence-electron chi connectivity index (χ2n) is 6.88. The maximum Gasteiger partial charge on any atom is 0.277 e. The normalized spacial score (nSPS) is 15.1. The van der Waals surface area contributed by atoms with Gasteiger partial charge in [0.15, 0.2) is 0 Å². The Balaban J connectivity index is 1.44. The van der Waals surface area contributed by atoms with Crippen LogP contribution in [0.15, 0.2) is 33.9 Å². The fourth-order valence-corrected chi connectivity index (χ4v) is 3.82. The zero-order chi connectivity index (χ0) is 18.2. The molecule has 26 heavy (non-hydrogen) atoms. The predicted octanol–water partition coefficient (Wildman–Crippen LogP) is 5.19. The van der Waals surface area contributed by atoms with Gasteiger partial charge in [0.25, 0.3) is 5.22 Å². The first-order chi connectivity index (χ1) is 12.7. The molecule has 1 saturated carbocycles.